The van der Waals surface area contributed by atoms with Gasteiger partial charge in [-0.1, -0.05) is 11.6 Å². The van der Waals surface area contributed by atoms with E-state index in [0.717, 1.165) is 28.1 Å². The van der Waals surface area contributed by atoms with E-state index in [1.54, 1.807) is 13.3 Å². The molecule has 148 valence electrons. The number of fused-ring (bicyclic) bond motifs is 1. The minimum Gasteiger partial charge on any atom is -0.496 e. The Morgan fingerprint density at radius 2 is 2.07 bits per heavy atom. The highest BCUT2D eigenvalue weighted by atomic mass is 35.5. The van der Waals surface area contributed by atoms with E-state index in [1.165, 1.54) is 6.92 Å². The lowest BCUT2D eigenvalue weighted by Gasteiger charge is -2.13. The topological polar surface area (TPSA) is 105 Å². The zero-order valence-corrected chi connectivity index (χ0v) is 17.0. The van der Waals surface area contributed by atoms with Crippen molar-refractivity contribution in [3.63, 3.8) is 0 Å². The van der Waals surface area contributed by atoms with Crippen molar-refractivity contribution in [3.8, 4) is 5.75 Å². The SMILES string of the molecule is COc1c(C)cnc(Cn2cc(CCOC(C)=O)c3c(Cl)nc(N)nc32)c1C. The van der Waals surface area contributed by atoms with Crippen molar-refractivity contribution in [2.75, 3.05) is 19.5 Å². The third-order valence-electron chi connectivity index (χ3n) is 4.51. The summed E-state index contributed by atoms with van der Waals surface area (Å²) in [5.74, 6) is 0.570. The van der Waals surface area contributed by atoms with Crippen LogP contribution in [0, 0.1) is 13.8 Å². The van der Waals surface area contributed by atoms with Crippen LogP contribution in [0.3, 0.4) is 0 Å². The van der Waals surface area contributed by atoms with E-state index in [-0.39, 0.29) is 23.7 Å². The number of methoxy groups -OCH3 is 1. The molecule has 0 unspecified atom stereocenters. The number of carbonyl (C=O) groups excluding carboxylic acids is 1. The van der Waals surface area contributed by atoms with Crippen LogP contribution in [0.4, 0.5) is 5.95 Å². The maximum absolute atomic E-state index is 11.1. The number of carbonyl (C=O) groups is 1. The lowest BCUT2D eigenvalue weighted by atomic mass is 10.1. The molecule has 3 rings (SSSR count). The van der Waals surface area contributed by atoms with Gasteiger partial charge in [0.15, 0.2) is 0 Å². The number of hydrogen-bond donors (Lipinski definition) is 1. The van der Waals surface area contributed by atoms with E-state index >= 15 is 0 Å². The molecule has 8 nitrogen and oxygen atoms in total. The Bertz CT molecular complexity index is 1050. The van der Waals surface area contributed by atoms with E-state index in [4.69, 9.17) is 26.8 Å². The first-order chi connectivity index (χ1) is 13.3. The fourth-order valence-electron chi connectivity index (χ4n) is 3.24. The predicted octanol–water partition coefficient (Wildman–Crippen LogP) is 2.84. The number of halogens is 1. The Kier molecular flexibility index (Phi) is 5.69. The molecule has 28 heavy (non-hydrogen) atoms. The molecule has 0 aliphatic rings. The van der Waals surface area contributed by atoms with E-state index in [9.17, 15) is 4.79 Å². The van der Waals surface area contributed by atoms with Gasteiger partial charge in [0.05, 0.1) is 31.3 Å². The summed E-state index contributed by atoms with van der Waals surface area (Å²) in [4.78, 5) is 24.0. The third-order valence-corrected chi connectivity index (χ3v) is 4.79. The molecular formula is C19H22ClN5O3. The highest BCUT2D eigenvalue weighted by Crippen LogP contribution is 2.30. The summed E-state index contributed by atoms with van der Waals surface area (Å²) in [7, 11) is 1.64. The molecule has 0 fully saturated rings. The molecular weight excluding hydrogens is 382 g/mol. The van der Waals surface area contributed by atoms with E-state index in [1.807, 2.05) is 24.6 Å². The average molecular weight is 404 g/mol. The van der Waals surface area contributed by atoms with Crippen LogP contribution < -0.4 is 10.5 Å². The number of hydrogen-bond acceptors (Lipinski definition) is 7. The average Bonchev–Trinajstić information content (AvgIpc) is 2.95. The molecule has 0 saturated heterocycles. The number of pyridine rings is 1. The van der Waals surface area contributed by atoms with Gasteiger partial charge in [0.1, 0.15) is 16.5 Å². The van der Waals surface area contributed by atoms with Gasteiger partial charge in [0, 0.05) is 36.9 Å². The Labute approximate surface area is 167 Å². The predicted molar refractivity (Wildman–Crippen MR) is 107 cm³/mol. The number of ether oxygens (including phenoxy) is 2. The van der Waals surface area contributed by atoms with Crippen LogP contribution in [0.15, 0.2) is 12.4 Å². The second-order valence-electron chi connectivity index (χ2n) is 6.49. The van der Waals surface area contributed by atoms with Gasteiger partial charge in [0.2, 0.25) is 5.95 Å². The molecule has 0 aliphatic heterocycles. The van der Waals surface area contributed by atoms with E-state index in [0.29, 0.717) is 24.0 Å². The monoisotopic (exact) mass is 403 g/mol. The van der Waals surface area contributed by atoms with Crippen LogP contribution in [-0.2, 0) is 22.5 Å². The summed E-state index contributed by atoms with van der Waals surface area (Å²) in [6, 6.07) is 0. The maximum atomic E-state index is 11.1. The molecule has 0 aliphatic carbocycles. The van der Waals surface area contributed by atoms with Crippen LogP contribution >= 0.6 is 11.6 Å². The molecule has 0 spiro atoms. The van der Waals surface area contributed by atoms with Crippen molar-refractivity contribution in [3.05, 3.63) is 39.9 Å². The lowest BCUT2D eigenvalue weighted by molar-refractivity contribution is -0.140. The van der Waals surface area contributed by atoms with Crippen molar-refractivity contribution in [1.29, 1.82) is 0 Å². The molecule has 3 aromatic heterocycles. The van der Waals surface area contributed by atoms with Crippen molar-refractivity contribution >= 4 is 34.6 Å². The van der Waals surface area contributed by atoms with Crippen LogP contribution in [-0.4, -0.2) is 39.2 Å². The van der Waals surface area contributed by atoms with Gasteiger partial charge in [-0.15, -0.1) is 0 Å². The summed E-state index contributed by atoms with van der Waals surface area (Å²) < 4.78 is 12.5. The number of aryl methyl sites for hydroxylation is 1. The van der Waals surface area contributed by atoms with Crippen LogP contribution in [0.25, 0.3) is 11.0 Å². The molecule has 3 aromatic rings. The lowest BCUT2D eigenvalue weighted by Crippen LogP contribution is -2.07. The second kappa shape index (κ2) is 8.02. The summed E-state index contributed by atoms with van der Waals surface area (Å²) in [6.45, 7) is 6.00. The fourth-order valence-corrected chi connectivity index (χ4v) is 3.53. The van der Waals surface area contributed by atoms with E-state index in [2.05, 4.69) is 15.0 Å². The number of nitrogens with zero attached hydrogens (tertiary/aromatic N) is 4. The number of anilines is 1. The zero-order valence-electron chi connectivity index (χ0n) is 16.2. The molecule has 0 radical (unpaired) electrons. The van der Waals surface area contributed by atoms with Gasteiger partial charge in [0.25, 0.3) is 0 Å². The van der Waals surface area contributed by atoms with Gasteiger partial charge in [-0.05, 0) is 19.4 Å². The Morgan fingerprint density at radius 1 is 1.32 bits per heavy atom. The van der Waals surface area contributed by atoms with Crippen LogP contribution in [0.1, 0.15) is 29.3 Å². The molecule has 0 aromatic carbocycles. The standard InChI is InChI=1S/C19H22ClN5O3/c1-10-7-22-14(11(2)16(10)27-4)9-25-8-13(5-6-28-12(3)26)15-17(20)23-19(21)24-18(15)25/h7-8H,5-6,9H2,1-4H3,(H2,21,23,24). The van der Waals surface area contributed by atoms with E-state index < -0.39 is 0 Å². The van der Waals surface area contributed by atoms with Gasteiger partial charge >= 0.3 is 5.97 Å². The van der Waals surface area contributed by atoms with Crippen molar-refractivity contribution in [2.45, 2.75) is 33.7 Å². The number of nitrogen functional groups attached to an aromatic ring is 1. The summed E-state index contributed by atoms with van der Waals surface area (Å²) in [6.07, 6.45) is 4.19. The summed E-state index contributed by atoms with van der Waals surface area (Å²) in [5, 5.41) is 0.963. The van der Waals surface area contributed by atoms with Crippen molar-refractivity contribution in [1.82, 2.24) is 19.5 Å². The first-order valence-corrected chi connectivity index (χ1v) is 9.12. The van der Waals surface area contributed by atoms with Crippen LogP contribution in [0.2, 0.25) is 5.15 Å². The van der Waals surface area contributed by atoms with Crippen LogP contribution in [0.5, 0.6) is 5.75 Å². The molecule has 3 heterocycles. The summed E-state index contributed by atoms with van der Waals surface area (Å²) >= 11 is 6.34. The number of esters is 1. The Balaban J connectivity index is 2.05. The third kappa shape index (κ3) is 3.87. The summed E-state index contributed by atoms with van der Waals surface area (Å²) in [5.41, 5.74) is 10.1. The first kappa shape index (κ1) is 19.9. The highest BCUT2D eigenvalue weighted by molar-refractivity contribution is 6.34. The minimum absolute atomic E-state index is 0.0922. The van der Waals surface area contributed by atoms with Gasteiger partial charge in [-0.3, -0.25) is 9.78 Å². The molecule has 0 bridgehead atoms. The second-order valence-corrected chi connectivity index (χ2v) is 6.85. The zero-order chi connectivity index (χ0) is 20.4. The number of rotatable bonds is 6. The minimum atomic E-state index is -0.332. The normalized spacial score (nSPS) is 11.0. The number of aromatic nitrogens is 4. The smallest absolute Gasteiger partial charge is 0.302 e. The number of nitrogens with two attached hydrogens (primary N) is 1. The fraction of sp³-hybridized carbons (Fsp3) is 0.368. The first-order valence-electron chi connectivity index (χ1n) is 8.75. The van der Waals surface area contributed by atoms with Crippen molar-refractivity contribution in [2.24, 2.45) is 0 Å². The molecule has 0 saturated carbocycles. The highest BCUT2D eigenvalue weighted by Gasteiger charge is 2.18. The molecule has 0 amide bonds. The largest absolute Gasteiger partial charge is 0.496 e. The molecule has 9 heteroatoms. The molecule has 2 N–H and O–H groups in total. The maximum Gasteiger partial charge on any atom is 0.302 e. The van der Waals surface area contributed by atoms with Crippen molar-refractivity contribution < 1.29 is 14.3 Å². The quantitative estimate of drug-likeness (QED) is 0.498. The van der Waals surface area contributed by atoms with Gasteiger partial charge in [-0.25, -0.2) is 4.98 Å². The van der Waals surface area contributed by atoms with Gasteiger partial charge < -0.3 is 19.8 Å². The Morgan fingerprint density at radius 3 is 2.75 bits per heavy atom. The Hall–Kier alpha value is -2.87. The molecule has 0 atom stereocenters. The van der Waals surface area contributed by atoms with Gasteiger partial charge in [-0.2, -0.15) is 4.98 Å².